The number of hydrogen-bond donors (Lipinski definition) is 0. The van der Waals surface area contributed by atoms with Crippen LogP contribution in [-0.4, -0.2) is 15.8 Å². The first-order chi connectivity index (χ1) is 5.83. The molecule has 0 bridgehead atoms. The number of aldehydes is 1. The maximum atomic E-state index is 10.5. The number of aromatic nitrogens is 2. The van der Waals surface area contributed by atoms with Crippen LogP contribution in [-0.2, 0) is 13.0 Å². The Morgan fingerprint density at radius 3 is 3.00 bits per heavy atom. The van der Waals surface area contributed by atoms with Crippen LogP contribution in [0.2, 0.25) is 0 Å². The van der Waals surface area contributed by atoms with Crippen molar-refractivity contribution in [2.75, 3.05) is 0 Å². The summed E-state index contributed by atoms with van der Waals surface area (Å²) in [5.74, 6) is 1.04. The zero-order chi connectivity index (χ0) is 8.55. The molecule has 0 saturated heterocycles. The van der Waals surface area contributed by atoms with Crippen molar-refractivity contribution in [1.82, 2.24) is 9.55 Å². The molecule has 2 heterocycles. The molecule has 0 spiro atoms. The van der Waals surface area contributed by atoms with Crippen LogP contribution in [0.1, 0.15) is 29.2 Å². The Morgan fingerprint density at radius 2 is 2.33 bits per heavy atom. The van der Waals surface area contributed by atoms with Crippen LogP contribution < -0.4 is 0 Å². The predicted molar refractivity (Wildman–Crippen MR) is 48.3 cm³/mol. The first-order valence-corrected chi connectivity index (χ1v) is 4.82. The van der Waals surface area contributed by atoms with Crippen molar-refractivity contribution in [3.63, 3.8) is 0 Å². The number of carbonyl (C=O) groups excluding carboxylic acids is 1. The molecule has 64 valence electrons. The summed E-state index contributed by atoms with van der Waals surface area (Å²) >= 11 is 3.37. The molecular weight excluding hydrogens is 220 g/mol. The van der Waals surface area contributed by atoms with Crippen molar-refractivity contribution in [3.8, 4) is 0 Å². The van der Waals surface area contributed by atoms with Crippen molar-refractivity contribution < 1.29 is 4.79 Å². The summed E-state index contributed by atoms with van der Waals surface area (Å²) in [6, 6.07) is 0. The minimum atomic E-state index is 0.534. The predicted octanol–water partition coefficient (Wildman–Crippen LogP) is 1.79. The molecule has 12 heavy (non-hydrogen) atoms. The Labute approximate surface area is 78.9 Å². The van der Waals surface area contributed by atoms with Crippen molar-refractivity contribution in [2.24, 2.45) is 0 Å². The number of fused-ring (bicyclic) bond motifs is 1. The highest BCUT2D eigenvalue weighted by Crippen LogP contribution is 2.22. The topological polar surface area (TPSA) is 34.9 Å². The van der Waals surface area contributed by atoms with Crippen LogP contribution in [0, 0.1) is 0 Å². The van der Waals surface area contributed by atoms with E-state index in [0.717, 1.165) is 29.7 Å². The van der Waals surface area contributed by atoms with Crippen molar-refractivity contribution >= 4 is 22.2 Å². The molecule has 0 aliphatic carbocycles. The van der Waals surface area contributed by atoms with E-state index in [0.29, 0.717) is 5.69 Å². The summed E-state index contributed by atoms with van der Waals surface area (Å²) in [6.45, 7) is 0.983. The van der Waals surface area contributed by atoms with Gasteiger partial charge in [0.25, 0.3) is 0 Å². The second-order valence-electron chi connectivity index (χ2n) is 2.93. The van der Waals surface area contributed by atoms with Gasteiger partial charge in [-0.1, -0.05) is 0 Å². The van der Waals surface area contributed by atoms with E-state index in [2.05, 4.69) is 25.5 Å². The molecule has 0 unspecified atom stereocenters. The van der Waals surface area contributed by atoms with Gasteiger partial charge in [0.1, 0.15) is 16.1 Å². The van der Waals surface area contributed by atoms with Gasteiger partial charge in [-0.3, -0.25) is 4.79 Å². The molecule has 0 fully saturated rings. The SMILES string of the molecule is O=Cc1nc2n(c1Br)CCCC2. The molecule has 0 aromatic carbocycles. The summed E-state index contributed by atoms with van der Waals surface area (Å²) in [5.41, 5.74) is 0.534. The minimum Gasteiger partial charge on any atom is -0.322 e. The Kier molecular flexibility index (Phi) is 2.00. The van der Waals surface area contributed by atoms with E-state index in [4.69, 9.17) is 0 Å². The normalized spacial score (nSPS) is 15.8. The highest BCUT2D eigenvalue weighted by atomic mass is 79.9. The average molecular weight is 229 g/mol. The van der Waals surface area contributed by atoms with Crippen LogP contribution in [0.25, 0.3) is 0 Å². The van der Waals surface area contributed by atoms with E-state index >= 15 is 0 Å². The third-order valence-corrected chi connectivity index (χ3v) is 2.99. The van der Waals surface area contributed by atoms with Crippen LogP contribution in [0.15, 0.2) is 4.60 Å². The first-order valence-electron chi connectivity index (χ1n) is 4.03. The molecule has 1 aromatic heterocycles. The van der Waals surface area contributed by atoms with E-state index in [1.807, 2.05) is 0 Å². The Balaban J connectivity index is 2.51. The summed E-state index contributed by atoms with van der Waals surface area (Å²) in [7, 11) is 0. The lowest BCUT2D eigenvalue weighted by Crippen LogP contribution is -2.10. The number of nitrogens with zero attached hydrogens (tertiary/aromatic N) is 2. The zero-order valence-electron chi connectivity index (χ0n) is 6.59. The minimum absolute atomic E-state index is 0.534. The van der Waals surface area contributed by atoms with Crippen LogP contribution >= 0.6 is 15.9 Å². The Morgan fingerprint density at radius 1 is 1.50 bits per heavy atom. The molecule has 3 nitrogen and oxygen atoms in total. The van der Waals surface area contributed by atoms with E-state index in [-0.39, 0.29) is 0 Å². The van der Waals surface area contributed by atoms with Crippen LogP contribution in [0.4, 0.5) is 0 Å². The Bertz CT molecular complexity index is 319. The van der Waals surface area contributed by atoms with Crippen molar-refractivity contribution in [3.05, 3.63) is 16.1 Å². The van der Waals surface area contributed by atoms with Gasteiger partial charge in [-0.15, -0.1) is 0 Å². The standard InChI is InChI=1S/C8H9BrN2O/c9-8-6(5-12)10-7-3-1-2-4-11(7)8/h5H,1-4H2. The number of aryl methyl sites for hydroxylation is 1. The fourth-order valence-electron chi connectivity index (χ4n) is 1.54. The van der Waals surface area contributed by atoms with Gasteiger partial charge in [-0.05, 0) is 28.8 Å². The van der Waals surface area contributed by atoms with Gasteiger partial charge < -0.3 is 4.57 Å². The summed E-state index contributed by atoms with van der Waals surface area (Å²) < 4.78 is 2.92. The lowest BCUT2D eigenvalue weighted by atomic mass is 10.2. The van der Waals surface area contributed by atoms with Crippen molar-refractivity contribution in [2.45, 2.75) is 25.8 Å². The van der Waals surface area contributed by atoms with Crippen molar-refractivity contribution in [1.29, 1.82) is 0 Å². The van der Waals surface area contributed by atoms with Crippen LogP contribution in [0.5, 0.6) is 0 Å². The maximum Gasteiger partial charge on any atom is 0.171 e. The molecule has 0 amide bonds. The molecule has 2 rings (SSSR count). The number of hydrogen-bond acceptors (Lipinski definition) is 2. The third kappa shape index (κ3) is 1.10. The zero-order valence-corrected chi connectivity index (χ0v) is 8.17. The molecule has 1 aliphatic rings. The third-order valence-electron chi connectivity index (χ3n) is 2.15. The van der Waals surface area contributed by atoms with Gasteiger partial charge in [-0.25, -0.2) is 4.98 Å². The maximum absolute atomic E-state index is 10.5. The highest BCUT2D eigenvalue weighted by Gasteiger charge is 2.16. The monoisotopic (exact) mass is 228 g/mol. The lowest BCUT2D eigenvalue weighted by Gasteiger charge is -2.13. The molecule has 4 heteroatoms. The molecule has 0 atom stereocenters. The molecule has 1 aliphatic heterocycles. The van der Waals surface area contributed by atoms with E-state index < -0.39 is 0 Å². The number of halogens is 1. The first kappa shape index (κ1) is 7.98. The van der Waals surface area contributed by atoms with Gasteiger partial charge in [0.05, 0.1) is 0 Å². The van der Waals surface area contributed by atoms with Gasteiger partial charge in [0, 0.05) is 13.0 Å². The molecule has 0 radical (unpaired) electrons. The molecule has 0 saturated carbocycles. The largest absolute Gasteiger partial charge is 0.322 e. The second-order valence-corrected chi connectivity index (χ2v) is 3.68. The van der Waals surface area contributed by atoms with Gasteiger partial charge in [0.2, 0.25) is 0 Å². The summed E-state index contributed by atoms with van der Waals surface area (Å²) in [5, 5.41) is 0. The smallest absolute Gasteiger partial charge is 0.171 e. The van der Waals surface area contributed by atoms with Crippen LogP contribution in [0.3, 0.4) is 0 Å². The van der Waals surface area contributed by atoms with Gasteiger partial charge >= 0.3 is 0 Å². The summed E-state index contributed by atoms with van der Waals surface area (Å²) in [6.07, 6.45) is 4.16. The summed E-state index contributed by atoms with van der Waals surface area (Å²) in [4.78, 5) is 14.8. The number of rotatable bonds is 1. The van der Waals surface area contributed by atoms with Gasteiger partial charge in [0.15, 0.2) is 6.29 Å². The van der Waals surface area contributed by atoms with E-state index in [9.17, 15) is 4.79 Å². The number of imidazole rings is 1. The quantitative estimate of drug-likeness (QED) is 0.688. The van der Waals surface area contributed by atoms with Gasteiger partial charge in [-0.2, -0.15) is 0 Å². The lowest BCUT2D eigenvalue weighted by molar-refractivity contribution is 0.111. The Hall–Kier alpha value is -0.640. The fraction of sp³-hybridized carbons (Fsp3) is 0.500. The van der Waals surface area contributed by atoms with E-state index in [1.165, 1.54) is 12.8 Å². The fourth-order valence-corrected chi connectivity index (χ4v) is 2.11. The number of carbonyl (C=O) groups is 1. The molecular formula is C8H9BrN2O. The van der Waals surface area contributed by atoms with E-state index in [1.54, 1.807) is 0 Å². The highest BCUT2D eigenvalue weighted by molar-refractivity contribution is 9.10. The average Bonchev–Trinajstić information content (AvgIpc) is 2.44. The molecule has 0 N–H and O–H groups in total. The molecule has 1 aromatic rings. The second kappa shape index (κ2) is 3.01.